The van der Waals surface area contributed by atoms with Crippen LogP contribution in [0.25, 0.3) is 0 Å². The molecule has 0 rings (SSSR count). The first-order chi connectivity index (χ1) is 51.3. The van der Waals surface area contributed by atoms with E-state index in [0.29, 0.717) is 25.7 Å². The van der Waals surface area contributed by atoms with Crippen LogP contribution in [0.3, 0.4) is 0 Å². The van der Waals surface area contributed by atoms with Crippen LogP contribution in [0.4, 0.5) is 0 Å². The molecule has 17 nitrogen and oxygen atoms in total. The topological polar surface area (TPSA) is 237 Å². The first-order valence-electron chi connectivity index (χ1n) is 44.9. The summed E-state index contributed by atoms with van der Waals surface area (Å²) in [7, 11) is -9.93. The molecule has 19 heteroatoms. The van der Waals surface area contributed by atoms with Crippen molar-refractivity contribution in [1.82, 2.24) is 0 Å². The highest BCUT2D eigenvalue weighted by atomic mass is 31.2. The molecule has 0 saturated heterocycles. The third-order valence-corrected chi connectivity index (χ3v) is 22.6. The average Bonchev–Trinajstić information content (AvgIpc) is 0.907. The number of unbranched alkanes of at least 4 members (excludes halogenated alkanes) is 52. The summed E-state index contributed by atoms with van der Waals surface area (Å²) in [4.78, 5) is 73.3. The van der Waals surface area contributed by atoms with E-state index in [1.54, 1.807) is 0 Å². The predicted molar refractivity (Wildman–Crippen MR) is 437 cm³/mol. The Hall–Kier alpha value is -1.94. The Morgan fingerprint density at radius 3 is 0.717 bits per heavy atom. The molecule has 0 aromatic heterocycles. The lowest BCUT2D eigenvalue weighted by atomic mass is 10.00. The number of rotatable bonds is 85. The lowest BCUT2D eigenvalue weighted by molar-refractivity contribution is -0.161. The molecule has 0 saturated carbocycles. The molecular weight excluding hydrogens is 1380 g/mol. The van der Waals surface area contributed by atoms with E-state index in [4.69, 9.17) is 37.0 Å². The van der Waals surface area contributed by atoms with Crippen LogP contribution < -0.4 is 0 Å². The van der Waals surface area contributed by atoms with Crippen molar-refractivity contribution in [2.75, 3.05) is 39.6 Å². The number of aliphatic hydroxyl groups is 1. The van der Waals surface area contributed by atoms with Gasteiger partial charge in [-0.15, -0.1) is 0 Å². The third kappa shape index (κ3) is 78.7. The second kappa shape index (κ2) is 77.0. The van der Waals surface area contributed by atoms with Crippen LogP contribution in [-0.4, -0.2) is 96.7 Å². The highest BCUT2D eigenvalue weighted by Crippen LogP contribution is 2.45. The molecule has 3 unspecified atom stereocenters. The van der Waals surface area contributed by atoms with Gasteiger partial charge in [-0.2, -0.15) is 0 Å². The molecule has 0 aromatic rings. The van der Waals surface area contributed by atoms with E-state index in [-0.39, 0.29) is 25.7 Å². The second-order valence-electron chi connectivity index (χ2n) is 32.5. The second-order valence-corrected chi connectivity index (χ2v) is 35.4. The van der Waals surface area contributed by atoms with Gasteiger partial charge in [-0.1, -0.05) is 408 Å². The first-order valence-corrected chi connectivity index (χ1v) is 47.9. The summed E-state index contributed by atoms with van der Waals surface area (Å²) in [6.07, 6.45) is 68.1. The molecule has 0 aliphatic rings. The van der Waals surface area contributed by atoms with Crippen molar-refractivity contribution in [3.05, 3.63) is 0 Å². The van der Waals surface area contributed by atoms with Gasteiger partial charge in [0.2, 0.25) is 0 Å². The van der Waals surface area contributed by atoms with Crippen LogP contribution in [0.5, 0.6) is 0 Å². The molecule has 106 heavy (non-hydrogen) atoms. The van der Waals surface area contributed by atoms with Gasteiger partial charge in [0.15, 0.2) is 12.2 Å². The molecule has 0 aromatic carbocycles. The van der Waals surface area contributed by atoms with Gasteiger partial charge < -0.3 is 33.8 Å². The molecule has 0 aliphatic carbocycles. The van der Waals surface area contributed by atoms with Crippen molar-refractivity contribution in [2.24, 2.45) is 17.8 Å². The SMILES string of the molecule is CCCCCCCCCCCCCCCCCCCCC(=O)O[C@H](COC(=O)CCCCCCCCC(C)CC)COP(=O)(O)OC[C@H](O)COP(=O)(O)OC[C@@H](COC(=O)CCCCCCCCCCCCCCCCCCC(C)C)OC(=O)CCCCCCCCCCCCCCCCCCC(C)C. The zero-order valence-corrected chi connectivity index (χ0v) is 71.7. The zero-order chi connectivity index (χ0) is 77.9. The van der Waals surface area contributed by atoms with E-state index >= 15 is 0 Å². The molecule has 0 bridgehead atoms. The van der Waals surface area contributed by atoms with E-state index < -0.39 is 97.5 Å². The number of ether oxygens (including phenoxy) is 4. The van der Waals surface area contributed by atoms with E-state index in [0.717, 1.165) is 114 Å². The number of phosphoric ester groups is 2. The Labute approximate surface area is 651 Å². The monoisotopic (exact) mass is 1550 g/mol. The minimum absolute atomic E-state index is 0.108. The number of phosphoric acid groups is 2. The van der Waals surface area contributed by atoms with Gasteiger partial charge >= 0.3 is 39.5 Å². The highest BCUT2D eigenvalue weighted by molar-refractivity contribution is 7.47. The molecule has 3 N–H and O–H groups in total. The maximum Gasteiger partial charge on any atom is 0.472 e. The van der Waals surface area contributed by atoms with Crippen LogP contribution in [0.15, 0.2) is 0 Å². The maximum atomic E-state index is 13.2. The smallest absolute Gasteiger partial charge is 0.462 e. The largest absolute Gasteiger partial charge is 0.472 e. The summed E-state index contributed by atoms with van der Waals surface area (Å²) in [5, 5.41) is 10.7. The van der Waals surface area contributed by atoms with Gasteiger partial charge in [0.05, 0.1) is 26.4 Å². The van der Waals surface area contributed by atoms with Gasteiger partial charge in [0.1, 0.15) is 19.3 Å². The van der Waals surface area contributed by atoms with Crippen LogP contribution in [-0.2, 0) is 65.4 Å². The van der Waals surface area contributed by atoms with Gasteiger partial charge in [-0.3, -0.25) is 37.3 Å². The Balaban J connectivity index is 5.23. The van der Waals surface area contributed by atoms with Crippen molar-refractivity contribution in [3.63, 3.8) is 0 Å². The van der Waals surface area contributed by atoms with Crippen molar-refractivity contribution in [1.29, 1.82) is 0 Å². The zero-order valence-electron chi connectivity index (χ0n) is 69.9. The number of hydrogen-bond acceptors (Lipinski definition) is 15. The van der Waals surface area contributed by atoms with E-state index in [9.17, 15) is 43.2 Å². The quantitative estimate of drug-likeness (QED) is 0.0222. The summed E-state index contributed by atoms with van der Waals surface area (Å²) < 4.78 is 68.9. The number of aliphatic hydroxyl groups excluding tert-OH is 1. The highest BCUT2D eigenvalue weighted by Gasteiger charge is 2.31. The van der Waals surface area contributed by atoms with Crippen molar-refractivity contribution >= 4 is 39.5 Å². The Morgan fingerprint density at radius 1 is 0.274 bits per heavy atom. The fourth-order valence-electron chi connectivity index (χ4n) is 13.5. The van der Waals surface area contributed by atoms with E-state index in [2.05, 4.69) is 48.5 Å². The lowest BCUT2D eigenvalue weighted by Gasteiger charge is -2.21. The van der Waals surface area contributed by atoms with Crippen molar-refractivity contribution in [2.45, 2.75) is 478 Å². The summed E-state index contributed by atoms with van der Waals surface area (Å²) in [6, 6.07) is 0. The summed E-state index contributed by atoms with van der Waals surface area (Å²) in [6.45, 7) is 12.0. The predicted octanol–water partition coefficient (Wildman–Crippen LogP) is 26.5. The van der Waals surface area contributed by atoms with Crippen LogP contribution in [0.1, 0.15) is 459 Å². The van der Waals surface area contributed by atoms with Gasteiger partial charge in [-0.25, -0.2) is 9.13 Å². The fraction of sp³-hybridized carbons (Fsp3) is 0.954. The molecule has 0 heterocycles. The van der Waals surface area contributed by atoms with E-state index in [1.807, 2.05) is 0 Å². The van der Waals surface area contributed by atoms with Crippen LogP contribution >= 0.6 is 15.6 Å². The number of hydrogen-bond donors (Lipinski definition) is 3. The third-order valence-electron chi connectivity index (χ3n) is 20.7. The molecule has 0 spiro atoms. The Kier molecular flexibility index (Phi) is 75.6. The van der Waals surface area contributed by atoms with Crippen LogP contribution in [0.2, 0.25) is 0 Å². The summed E-state index contributed by atoms with van der Waals surface area (Å²) in [5.74, 6) is 0.249. The minimum atomic E-state index is -4.97. The first kappa shape index (κ1) is 104. The fourth-order valence-corrected chi connectivity index (χ4v) is 15.1. The minimum Gasteiger partial charge on any atom is -0.462 e. The summed E-state index contributed by atoms with van der Waals surface area (Å²) >= 11 is 0. The summed E-state index contributed by atoms with van der Waals surface area (Å²) in [5.41, 5.74) is 0. The molecule has 630 valence electrons. The van der Waals surface area contributed by atoms with Gasteiger partial charge in [0.25, 0.3) is 0 Å². The lowest BCUT2D eigenvalue weighted by Crippen LogP contribution is -2.30. The maximum absolute atomic E-state index is 13.2. The van der Waals surface area contributed by atoms with Crippen molar-refractivity contribution < 1.29 is 80.2 Å². The molecule has 0 fully saturated rings. The molecular formula is C87H170O17P2. The molecule has 0 radical (unpaired) electrons. The Morgan fingerprint density at radius 2 is 0.481 bits per heavy atom. The average molecular weight is 1550 g/mol. The normalized spacial score (nSPS) is 14.1. The molecule has 0 amide bonds. The standard InChI is InChI=1S/C87H170O17P2/c1-8-10-11-12-13-14-15-16-17-18-19-27-32-37-42-47-56-64-71-87(92)104-83(75-98-85(90)69-62-55-50-49-53-60-67-80(7)9-2)77-102-106(95,96)100-73-81(88)72-99-105(93,94)101-76-82(103-86(91)70-63-57-48-43-38-33-28-23-21-25-30-35-40-45-52-59-66-79(5)6)74-97-84(89)68-61-54-46-41-36-31-26-22-20-24-29-34-39-44-51-58-65-78(3)4/h78-83,88H,8-77H2,1-7H3,(H,93,94)(H,95,96)/t80?,81-,82-,83-/m1/s1. The van der Waals surface area contributed by atoms with E-state index in [1.165, 1.54) is 263 Å². The Bertz CT molecular complexity index is 2050. The molecule has 0 aliphatic heterocycles. The number of carbonyl (C=O) groups excluding carboxylic acids is 4. The number of esters is 4. The molecule has 6 atom stereocenters. The van der Waals surface area contributed by atoms with Gasteiger partial charge in [0, 0.05) is 25.7 Å². The van der Waals surface area contributed by atoms with Crippen LogP contribution in [0, 0.1) is 17.8 Å². The van der Waals surface area contributed by atoms with Gasteiger partial charge in [-0.05, 0) is 43.4 Å². The van der Waals surface area contributed by atoms with Crippen molar-refractivity contribution in [3.8, 4) is 0 Å². The number of carbonyl (C=O) groups is 4.